The summed E-state index contributed by atoms with van der Waals surface area (Å²) < 4.78 is 25.8. The van der Waals surface area contributed by atoms with Crippen LogP contribution in [0.1, 0.15) is 5.56 Å². The molecule has 0 saturated carbocycles. The fraction of sp³-hybridized carbons (Fsp3) is 0.143. The summed E-state index contributed by atoms with van der Waals surface area (Å²) in [6.07, 6.45) is 0. The van der Waals surface area contributed by atoms with Crippen molar-refractivity contribution in [3.05, 3.63) is 33.8 Å². The van der Waals surface area contributed by atoms with Gasteiger partial charge in [0, 0.05) is 16.6 Å². The second-order valence-corrected chi connectivity index (χ2v) is 2.88. The predicted molar refractivity (Wildman–Crippen MR) is 41.9 cm³/mol. The van der Waals surface area contributed by atoms with Gasteiger partial charge in [-0.1, -0.05) is 15.9 Å². The standard InChI is InChI=1S/C7H6BrF2N/c8-5-1-2-6(9)7(10)4(5)3-11/h1-2H,3,11H2. The quantitative estimate of drug-likeness (QED) is 0.724. The van der Waals surface area contributed by atoms with Crippen LogP contribution in [-0.2, 0) is 6.54 Å². The summed E-state index contributed by atoms with van der Waals surface area (Å²) in [5, 5.41) is 0. The van der Waals surface area contributed by atoms with Gasteiger partial charge in [-0.2, -0.15) is 0 Å². The summed E-state index contributed by atoms with van der Waals surface area (Å²) in [6.45, 7) is -0.00975. The van der Waals surface area contributed by atoms with Crippen LogP contribution in [0.3, 0.4) is 0 Å². The van der Waals surface area contributed by atoms with Crippen molar-refractivity contribution in [2.45, 2.75) is 6.54 Å². The molecule has 0 aromatic heterocycles. The van der Waals surface area contributed by atoms with Crippen molar-refractivity contribution in [1.82, 2.24) is 0 Å². The third-order valence-electron chi connectivity index (χ3n) is 1.34. The fourth-order valence-corrected chi connectivity index (χ4v) is 1.22. The van der Waals surface area contributed by atoms with Gasteiger partial charge in [0.2, 0.25) is 0 Å². The average Bonchev–Trinajstić information content (AvgIpc) is 1.99. The minimum atomic E-state index is -0.873. The highest BCUT2D eigenvalue weighted by Crippen LogP contribution is 2.21. The van der Waals surface area contributed by atoms with Crippen LogP contribution in [0.2, 0.25) is 0 Å². The fourth-order valence-electron chi connectivity index (χ4n) is 0.756. The summed E-state index contributed by atoms with van der Waals surface area (Å²) in [4.78, 5) is 0. The van der Waals surface area contributed by atoms with Crippen LogP contribution in [0.15, 0.2) is 16.6 Å². The first-order valence-corrected chi connectivity index (χ1v) is 3.78. The summed E-state index contributed by atoms with van der Waals surface area (Å²) in [5.74, 6) is -1.74. The normalized spacial score (nSPS) is 10.2. The minimum Gasteiger partial charge on any atom is -0.326 e. The Hall–Kier alpha value is -0.480. The van der Waals surface area contributed by atoms with Crippen molar-refractivity contribution in [2.75, 3.05) is 0 Å². The second kappa shape index (κ2) is 3.28. The zero-order valence-electron chi connectivity index (χ0n) is 5.57. The van der Waals surface area contributed by atoms with Crippen LogP contribution in [0.5, 0.6) is 0 Å². The number of hydrogen-bond acceptors (Lipinski definition) is 1. The van der Waals surface area contributed by atoms with Crippen molar-refractivity contribution < 1.29 is 8.78 Å². The van der Waals surface area contributed by atoms with E-state index in [1.54, 1.807) is 0 Å². The number of rotatable bonds is 1. The van der Waals surface area contributed by atoms with Crippen LogP contribution < -0.4 is 5.73 Å². The van der Waals surface area contributed by atoms with Gasteiger partial charge in [0.25, 0.3) is 0 Å². The van der Waals surface area contributed by atoms with Gasteiger partial charge >= 0.3 is 0 Å². The van der Waals surface area contributed by atoms with Crippen molar-refractivity contribution in [3.63, 3.8) is 0 Å². The lowest BCUT2D eigenvalue weighted by molar-refractivity contribution is 0.498. The Balaban J connectivity index is 3.29. The van der Waals surface area contributed by atoms with E-state index < -0.39 is 11.6 Å². The van der Waals surface area contributed by atoms with E-state index in [2.05, 4.69) is 15.9 Å². The van der Waals surface area contributed by atoms with Gasteiger partial charge in [0.15, 0.2) is 11.6 Å². The highest BCUT2D eigenvalue weighted by Gasteiger charge is 2.09. The van der Waals surface area contributed by atoms with E-state index in [0.717, 1.165) is 6.07 Å². The highest BCUT2D eigenvalue weighted by molar-refractivity contribution is 9.10. The molecule has 1 nitrogen and oxygen atoms in total. The molecule has 0 aliphatic rings. The van der Waals surface area contributed by atoms with Crippen LogP contribution in [-0.4, -0.2) is 0 Å². The van der Waals surface area contributed by atoms with Gasteiger partial charge in [-0.25, -0.2) is 8.78 Å². The van der Waals surface area contributed by atoms with Crippen molar-refractivity contribution in [3.8, 4) is 0 Å². The average molecular weight is 222 g/mol. The smallest absolute Gasteiger partial charge is 0.164 e. The molecule has 0 aliphatic heterocycles. The van der Waals surface area contributed by atoms with Gasteiger partial charge in [-0.05, 0) is 12.1 Å². The largest absolute Gasteiger partial charge is 0.326 e. The molecular formula is C7H6BrF2N. The highest BCUT2D eigenvalue weighted by atomic mass is 79.9. The molecular weight excluding hydrogens is 216 g/mol. The Kier molecular flexibility index (Phi) is 2.57. The molecule has 1 aromatic rings. The molecule has 0 aliphatic carbocycles. The Bertz CT molecular complexity index is 275. The molecule has 4 heteroatoms. The Morgan fingerprint density at radius 2 is 2.00 bits per heavy atom. The molecule has 2 N–H and O–H groups in total. The molecule has 60 valence electrons. The molecule has 0 spiro atoms. The molecule has 0 atom stereocenters. The zero-order chi connectivity index (χ0) is 8.43. The molecule has 0 radical (unpaired) electrons. The lowest BCUT2D eigenvalue weighted by atomic mass is 10.2. The third-order valence-corrected chi connectivity index (χ3v) is 2.09. The number of hydrogen-bond donors (Lipinski definition) is 1. The maximum atomic E-state index is 12.8. The monoisotopic (exact) mass is 221 g/mol. The molecule has 0 amide bonds. The van der Waals surface area contributed by atoms with E-state index in [9.17, 15) is 8.78 Å². The first-order chi connectivity index (χ1) is 5.16. The zero-order valence-corrected chi connectivity index (χ0v) is 7.16. The van der Waals surface area contributed by atoms with Gasteiger partial charge < -0.3 is 5.73 Å². The van der Waals surface area contributed by atoms with E-state index in [1.807, 2.05) is 0 Å². The molecule has 11 heavy (non-hydrogen) atoms. The summed E-state index contributed by atoms with van der Waals surface area (Å²) >= 11 is 3.05. The van der Waals surface area contributed by atoms with Gasteiger partial charge in [0.1, 0.15) is 0 Å². The summed E-state index contributed by atoms with van der Waals surface area (Å²) in [5.41, 5.74) is 5.36. The maximum absolute atomic E-state index is 12.8. The van der Waals surface area contributed by atoms with E-state index in [0.29, 0.717) is 4.47 Å². The molecule has 0 bridgehead atoms. The van der Waals surface area contributed by atoms with Crippen LogP contribution in [0.25, 0.3) is 0 Å². The molecule has 0 fully saturated rings. The van der Waals surface area contributed by atoms with E-state index in [1.165, 1.54) is 6.07 Å². The second-order valence-electron chi connectivity index (χ2n) is 2.03. The van der Waals surface area contributed by atoms with Gasteiger partial charge in [-0.3, -0.25) is 0 Å². The Morgan fingerprint density at radius 3 is 2.45 bits per heavy atom. The van der Waals surface area contributed by atoms with Crippen LogP contribution in [0, 0.1) is 11.6 Å². The van der Waals surface area contributed by atoms with Crippen molar-refractivity contribution in [2.24, 2.45) is 5.73 Å². The topological polar surface area (TPSA) is 26.0 Å². The van der Waals surface area contributed by atoms with Crippen molar-refractivity contribution >= 4 is 15.9 Å². The predicted octanol–water partition coefficient (Wildman–Crippen LogP) is 2.19. The number of benzene rings is 1. The number of halogens is 3. The van der Waals surface area contributed by atoms with Crippen molar-refractivity contribution in [1.29, 1.82) is 0 Å². The van der Waals surface area contributed by atoms with E-state index >= 15 is 0 Å². The van der Waals surface area contributed by atoms with Crippen LogP contribution in [0.4, 0.5) is 8.78 Å². The van der Waals surface area contributed by atoms with E-state index in [4.69, 9.17) is 5.73 Å². The van der Waals surface area contributed by atoms with E-state index in [-0.39, 0.29) is 12.1 Å². The minimum absolute atomic E-state index is 0.00975. The molecule has 1 rings (SSSR count). The molecule has 0 heterocycles. The maximum Gasteiger partial charge on any atom is 0.164 e. The number of nitrogens with two attached hydrogens (primary N) is 1. The third kappa shape index (κ3) is 1.57. The summed E-state index contributed by atoms with van der Waals surface area (Å²) in [6, 6.07) is 2.49. The first-order valence-electron chi connectivity index (χ1n) is 2.99. The molecule has 0 unspecified atom stereocenters. The SMILES string of the molecule is NCc1c(Br)ccc(F)c1F. The molecule has 1 aromatic carbocycles. The molecule has 0 saturated heterocycles. The summed E-state index contributed by atoms with van der Waals surface area (Å²) in [7, 11) is 0. The Morgan fingerprint density at radius 1 is 1.36 bits per heavy atom. The Labute approximate surface area is 71.3 Å². The van der Waals surface area contributed by atoms with Gasteiger partial charge in [0.05, 0.1) is 0 Å². The van der Waals surface area contributed by atoms with Gasteiger partial charge in [-0.15, -0.1) is 0 Å². The first kappa shape index (κ1) is 8.62. The lowest BCUT2D eigenvalue weighted by Crippen LogP contribution is -2.02. The lowest BCUT2D eigenvalue weighted by Gasteiger charge is -2.02. The van der Waals surface area contributed by atoms with Crippen LogP contribution >= 0.6 is 15.9 Å².